The van der Waals surface area contributed by atoms with Crippen LogP contribution in [0.3, 0.4) is 0 Å². The van der Waals surface area contributed by atoms with Crippen LogP contribution in [0.15, 0.2) is 23.2 Å². The van der Waals surface area contributed by atoms with Crippen LogP contribution >= 0.6 is 0 Å². The number of fused-ring (bicyclic) bond motifs is 1. The molecule has 2 aromatic rings. The van der Waals surface area contributed by atoms with Crippen molar-refractivity contribution in [1.82, 2.24) is 10.3 Å². The number of hydrogen-bond acceptors (Lipinski definition) is 7. The van der Waals surface area contributed by atoms with Crippen LogP contribution in [-0.2, 0) is 10.2 Å². The summed E-state index contributed by atoms with van der Waals surface area (Å²) in [5.41, 5.74) is 11.4. The first-order valence-corrected chi connectivity index (χ1v) is 13.7. The number of alkyl halides is 2. The van der Waals surface area contributed by atoms with Crippen molar-refractivity contribution in [2.45, 2.75) is 68.2 Å². The molecule has 3 aliphatic rings. The van der Waals surface area contributed by atoms with Crippen molar-refractivity contribution in [1.29, 1.82) is 0 Å². The summed E-state index contributed by atoms with van der Waals surface area (Å²) in [6.07, 6.45) is 5.68. The van der Waals surface area contributed by atoms with Crippen molar-refractivity contribution in [3.05, 3.63) is 59.6 Å². The molecule has 2 fully saturated rings. The Kier molecular flexibility index (Phi) is 9.44. The number of ether oxygens (including phenoxy) is 2. The van der Waals surface area contributed by atoms with Crippen LogP contribution in [0.5, 0.6) is 11.5 Å². The number of nitrogen functional groups attached to an aromatic ring is 1. The molecule has 2 amide bonds. The SMILES string of the molecule is [CH2-]CC[CH-]c1nc([C@@H](CNC(=O)c2cc(/C=N/C3(F)CC3)c(N)c(OC)c2)C2(F)CC2)cc2c1OC[C@]2(C)C(N)=O.[Ce]. The predicted molar refractivity (Wildman–Crippen MR) is 150 cm³/mol. The third kappa shape index (κ3) is 6.37. The van der Waals surface area contributed by atoms with Crippen LogP contribution in [0.4, 0.5) is 14.5 Å². The van der Waals surface area contributed by atoms with Gasteiger partial charge in [-0.1, -0.05) is 17.3 Å². The molecule has 42 heavy (non-hydrogen) atoms. The number of carbonyl (C=O) groups is 2. The number of aromatic nitrogens is 1. The molecule has 5 rings (SSSR count). The van der Waals surface area contributed by atoms with Gasteiger partial charge in [-0.15, -0.1) is 6.42 Å². The van der Waals surface area contributed by atoms with Crippen molar-refractivity contribution >= 4 is 23.7 Å². The Balaban J connectivity index is 0.00000405. The number of nitrogens with two attached hydrogens (primary N) is 2. The van der Waals surface area contributed by atoms with Crippen LogP contribution in [0, 0.1) is 55.1 Å². The number of nitrogens with zero attached hydrogens (tertiary/aromatic N) is 2. The molecule has 2 heterocycles. The maximum Gasteiger partial charge on any atom is 0.251 e. The average molecular weight is 708 g/mol. The third-order valence-electron chi connectivity index (χ3n) is 8.13. The van der Waals surface area contributed by atoms with Gasteiger partial charge in [-0.05, 0) is 37.6 Å². The zero-order chi connectivity index (χ0) is 29.6. The van der Waals surface area contributed by atoms with E-state index in [0.29, 0.717) is 66.8 Å². The van der Waals surface area contributed by atoms with Gasteiger partial charge in [-0.3, -0.25) is 19.6 Å². The number of nitrogens with one attached hydrogen (secondary N) is 1. The summed E-state index contributed by atoms with van der Waals surface area (Å²) in [4.78, 5) is 34.4. The van der Waals surface area contributed by atoms with E-state index in [1.165, 1.54) is 25.5 Å². The quantitative estimate of drug-likeness (QED) is 0.132. The number of methoxy groups -OCH3 is 1. The zero-order valence-electron chi connectivity index (χ0n) is 23.8. The normalized spacial score (nSPS) is 21.5. The van der Waals surface area contributed by atoms with E-state index in [2.05, 4.69) is 17.2 Å². The number of aliphatic imine (C=N–C) groups is 1. The minimum absolute atomic E-state index is 0. The van der Waals surface area contributed by atoms with Crippen molar-refractivity contribution in [3.8, 4) is 11.5 Å². The van der Waals surface area contributed by atoms with Gasteiger partial charge < -0.3 is 33.2 Å². The monoisotopic (exact) mass is 707 g/mol. The van der Waals surface area contributed by atoms with Gasteiger partial charge in [0.15, 0.2) is 5.79 Å². The molecule has 0 radical (unpaired) electrons. The van der Waals surface area contributed by atoms with E-state index in [9.17, 15) is 14.0 Å². The van der Waals surface area contributed by atoms with Gasteiger partial charge in [-0.25, -0.2) is 15.2 Å². The van der Waals surface area contributed by atoms with Crippen LogP contribution in [0.25, 0.3) is 0 Å². The van der Waals surface area contributed by atoms with Gasteiger partial charge in [0.05, 0.1) is 30.7 Å². The largest absolute Gasteiger partial charge is 0.575 e. The van der Waals surface area contributed by atoms with Crippen LogP contribution in [-0.4, -0.2) is 54.7 Å². The molecule has 9 nitrogen and oxygen atoms in total. The van der Waals surface area contributed by atoms with Crippen molar-refractivity contribution < 1.29 is 69.6 Å². The molecule has 1 aromatic carbocycles. The molecular formula is C30H35CeF2N5O4-2. The van der Waals surface area contributed by atoms with E-state index >= 15 is 4.39 Å². The van der Waals surface area contributed by atoms with Crippen molar-refractivity contribution in [3.63, 3.8) is 0 Å². The molecule has 0 unspecified atom stereocenters. The molecule has 1 aromatic heterocycles. The number of pyridine rings is 1. The number of hydrogen-bond donors (Lipinski definition) is 3. The van der Waals surface area contributed by atoms with Crippen LogP contribution < -0.4 is 26.3 Å². The molecule has 0 spiro atoms. The Morgan fingerprint density at radius 3 is 2.60 bits per heavy atom. The van der Waals surface area contributed by atoms with Gasteiger partial charge in [0, 0.05) is 84.2 Å². The summed E-state index contributed by atoms with van der Waals surface area (Å²) in [6, 6.07) is 4.64. The van der Waals surface area contributed by atoms with Gasteiger partial charge in [0.2, 0.25) is 5.91 Å². The Bertz CT molecular complexity index is 1410. The van der Waals surface area contributed by atoms with E-state index in [1.54, 1.807) is 13.0 Å². The van der Waals surface area contributed by atoms with E-state index in [1.807, 2.05) is 6.42 Å². The third-order valence-corrected chi connectivity index (χ3v) is 8.13. The first-order chi connectivity index (χ1) is 19.4. The average Bonchev–Trinajstić information content (AvgIpc) is 3.85. The summed E-state index contributed by atoms with van der Waals surface area (Å²) in [6.45, 7) is 5.55. The summed E-state index contributed by atoms with van der Waals surface area (Å²) in [5.74, 6) is -2.74. The van der Waals surface area contributed by atoms with Crippen molar-refractivity contribution in [2.24, 2.45) is 10.7 Å². The number of halogens is 2. The Labute approximate surface area is 278 Å². The second-order valence-electron chi connectivity index (χ2n) is 11.3. The maximum atomic E-state index is 15.8. The van der Waals surface area contributed by atoms with Gasteiger partial charge >= 0.3 is 0 Å². The Morgan fingerprint density at radius 1 is 1.29 bits per heavy atom. The number of carbonyl (C=O) groups excluding carboxylic acids is 2. The molecule has 0 saturated heterocycles. The summed E-state index contributed by atoms with van der Waals surface area (Å²) in [7, 11) is 1.41. The van der Waals surface area contributed by atoms with Crippen molar-refractivity contribution in [2.75, 3.05) is 26.0 Å². The summed E-state index contributed by atoms with van der Waals surface area (Å²) in [5, 5.41) is 2.82. The predicted octanol–water partition coefficient (Wildman–Crippen LogP) is 3.87. The van der Waals surface area contributed by atoms with E-state index in [4.69, 9.17) is 25.9 Å². The molecule has 0 bridgehead atoms. The fraction of sp³-hybridized carbons (Fsp3) is 0.467. The fourth-order valence-electron chi connectivity index (χ4n) is 4.98. The zero-order valence-corrected chi connectivity index (χ0v) is 26.9. The molecule has 2 aliphatic carbocycles. The Morgan fingerprint density at radius 2 is 2.00 bits per heavy atom. The van der Waals surface area contributed by atoms with Crippen LogP contribution in [0.1, 0.15) is 84.2 Å². The maximum absolute atomic E-state index is 15.8. The minimum atomic E-state index is -1.59. The fourth-order valence-corrected chi connectivity index (χ4v) is 4.98. The molecule has 5 N–H and O–H groups in total. The summed E-state index contributed by atoms with van der Waals surface area (Å²) >= 11 is 0. The van der Waals surface area contributed by atoms with Gasteiger partial charge in [-0.2, -0.15) is 6.42 Å². The molecule has 224 valence electrons. The molecule has 2 saturated carbocycles. The standard InChI is InChI=1S/C30H35F2N5O4.Ce/c1-4-5-6-21-25-19(28(2,16-41-25)27(34)39)13-22(37-21)20(29(31)7-8-29)15-35-26(38)17-11-18(14-36-30(32)9-10-30)24(33)23(12-17)40-3;/h6,11-14,20H,1,4-5,7-10,15-16,33H2,2-3H3,(H2,34,39)(H,35,38);/q-2;/b36-14+;/t20-,28+;/m1./s1. The molecule has 1 aliphatic heterocycles. The number of rotatable bonds is 12. The topological polar surface area (TPSA) is 142 Å². The molecule has 12 heteroatoms. The number of primary amides is 1. The number of unbranched alkanes of at least 4 members (excludes halogenated alkanes) is 1. The second-order valence-corrected chi connectivity index (χ2v) is 11.3. The number of anilines is 1. The number of amides is 2. The Hall–Kier alpha value is -2.51. The van der Waals surface area contributed by atoms with E-state index in [0.717, 1.165) is 0 Å². The summed E-state index contributed by atoms with van der Waals surface area (Å²) < 4.78 is 41.1. The van der Waals surface area contributed by atoms with Crippen LogP contribution in [0.2, 0.25) is 0 Å². The molecular weight excluding hydrogens is 672 g/mol. The van der Waals surface area contributed by atoms with Gasteiger partial charge in [0.25, 0.3) is 5.91 Å². The first-order valence-electron chi connectivity index (χ1n) is 13.7. The minimum Gasteiger partial charge on any atom is -0.575 e. The van der Waals surface area contributed by atoms with Gasteiger partial charge in [0.1, 0.15) is 11.4 Å². The molecule has 2 atom stereocenters. The van der Waals surface area contributed by atoms with E-state index < -0.39 is 34.6 Å². The number of benzene rings is 1. The first kappa shape index (κ1) is 32.4. The smallest absolute Gasteiger partial charge is 0.251 e. The van der Waals surface area contributed by atoms with E-state index in [-0.39, 0.29) is 71.9 Å². The second kappa shape index (κ2) is 12.2.